The molecule has 0 fully saturated rings. The summed E-state index contributed by atoms with van der Waals surface area (Å²) in [4.78, 5) is 13.6. The molecule has 1 amide bonds. The van der Waals surface area contributed by atoms with Crippen molar-refractivity contribution < 1.29 is 14.4 Å². The van der Waals surface area contributed by atoms with E-state index in [1.165, 1.54) is 16.0 Å². The Bertz CT molecular complexity index is 667. The Morgan fingerprint density at radius 1 is 1.13 bits per heavy atom. The van der Waals surface area contributed by atoms with Gasteiger partial charge < -0.3 is 15.0 Å². The Morgan fingerprint density at radius 3 is 2.61 bits per heavy atom. The molecule has 0 saturated carbocycles. The van der Waals surface area contributed by atoms with Crippen LogP contribution in [0, 0.1) is 0 Å². The van der Waals surface area contributed by atoms with E-state index in [0.717, 1.165) is 30.9 Å². The highest BCUT2D eigenvalue weighted by atomic mass is 16.5. The molecule has 0 saturated heterocycles. The lowest BCUT2D eigenvalue weighted by Gasteiger charge is -2.25. The van der Waals surface area contributed by atoms with Crippen molar-refractivity contribution in [2.45, 2.75) is 19.9 Å². The van der Waals surface area contributed by atoms with Gasteiger partial charge in [-0.3, -0.25) is 4.79 Å². The molecule has 2 aromatic rings. The van der Waals surface area contributed by atoms with Gasteiger partial charge in [-0.1, -0.05) is 24.3 Å². The molecule has 2 N–H and O–H groups in total. The topological polar surface area (TPSA) is 42.8 Å². The second-order valence-electron chi connectivity index (χ2n) is 5.88. The second-order valence-corrected chi connectivity index (χ2v) is 5.88. The number of anilines is 1. The van der Waals surface area contributed by atoms with Gasteiger partial charge in [-0.05, 0) is 36.8 Å². The number of rotatable bonds is 5. The number of carbonyl (C=O) groups is 1. The number of amides is 1. The Morgan fingerprint density at radius 2 is 1.87 bits per heavy atom. The van der Waals surface area contributed by atoms with Crippen LogP contribution in [-0.4, -0.2) is 25.6 Å². The zero-order valence-electron chi connectivity index (χ0n) is 13.5. The lowest BCUT2D eigenvalue weighted by Crippen LogP contribution is -3.12. The van der Waals surface area contributed by atoms with Gasteiger partial charge in [0.1, 0.15) is 12.3 Å². The SMILES string of the molecule is CCOc1ccc(NC(=O)C[NH+]2CCc3ccccc3C2)cc1. The maximum Gasteiger partial charge on any atom is 0.279 e. The average molecular weight is 311 g/mol. The molecular formula is C19H23N2O2+. The van der Waals surface area contributed by atoms with Crippen LogP contribution in [0.2, 0.25) is 0 Å². The van der Waals surface area contributed by atoms with Crippen molar-refractivity contribution in [2.75, 3.05) is 25.0 Å². The summed E-state index contributed by atoms with van der Waals surface area (Å²) >= 11 is 0. The molecule has 1 unspecified atom stereocenters. The van der Waals surface area contributed by atoms with Gasteiger partial charge in [0.25, 0.3) is 5.91 Å². The predicted octanol–water partition coefficient (Wildman–Crippen LogP) is 1.66. The third-order valence-electron chi connectivity index (χ3n) is 4.17. The van der Waals surface area contributed by atoms with Crippen LogP contribution >= 0.6 is 0 Å². The summed E-state index contributed by atoms with van der Waals surface area (Å²) in [5.41, 5.74) is 3.60. The van der Waals surface area contributed by atoms with Crippen molar-refractivity contribution in [2.24, 2.45) is 0 Å². The van der Waals surface area contributed by atoms with E-state index < -0.39 is 0 Å². The van der Waals surface area contributed by atoms with Crippen LogP contribution in [0.3, 0.4) is 0 Å². The molecule has 3 rings (SSSR count). The summed E-state index contributed by atoms with van der Waals surface area (Å²) in [7, 11) is 0. The average Bonchev–Trinajstić information content (AvgIpc) is 2.57. The number of nitrogens with one attached hydrogen (secondary N) is 2. The summed E-state index contributed by atoms with van der Waals surface area (Å²) in [5.74, 6) is 0.882. The van der Waals surface area contributed by atoms with Crippen molar-refractivity contribution in [3.05, 3.63) is 59.7 Å². The Kier molecular flexibility index (Phi) is 4.93. The highest BCUT2D eigenvalue weighted by Crippen LogP contribution is 2.15. The van der Waals surface area contributed by atoms with E-state index in [2.05, 4.69) is 29.6 Å². The molecule has 0 spiro atoms. The van der Waals surface area contributed by atoms with Crippen LogP contribution in [0.5, 0.6) is 5.75 Å². The standard InChI is InChI=1S/C19H22N2O2/c1-2-23-18-9-7-17(8-10-18)20-19(22)14-21-12-11-15-5-3-4-6-16(15)13-21/h3-10H,2,11-14H2,1H3,(H,20,22)/p+1. The number of hydrogen-bond acceptors (Lipinski definition) is 2. The first-order chi connectivity index (χ1) is 11.2. The minimum Gasteiger partial charge on any atom is -0.494 e. The van der Waals surface area contributed by atoms with Gasteiger partial charge in [0, 0.05) is 17.7 Å². The van der Waals surface area contributed by atoms with Gasteiger partial charge in [0.15, 0.2) is 6.54 Å². The Balaban J connectivity index is 1.54. The maximum atomic E-state index is 12.2. The van der Waals surface area contributed by atoms with Crippen LogP contribution < -0.4 is 15.0 Å². The molecule has 1 atom stereocenters. The minimum atomic E-state index is 0.0588. The monoisotopic (exact) mass is 311 g/mol. The number of hydrogen-bond donors (Lipinski definition) is 2. The molecule has 4 heteroatoms. The molecule has 0 aliphatic carbocycles. The third-order valence-corrected chi connectivity index (χ3v) is 4.17. The van der Waals surface area contributed by atoms with Gasteiger partial charge in [0.05, 0.1) is 13.2 Å². The zero-order valence-corrected chi connectivity index (χ0v) is 13.5. The summed E-state index contributed by atoms with van der Waals surface area (Å²) in [6.07, 6.45) is 1.04. The molecule has 0 radical (unpaired) electrons. The van der Waals surface area contributed by atoms with E-state index in [1.54, 1.807) is 0 Å². The lowest BCUT2D eigenvalue weighted by molar-refractivity contribution is -0.907. The number of benzene rings is 2. The summed E-state index contributed by atoms with van der Waals surface area (Å²) in [6, 6.07) is 16.0. The Hall–Kier alpha value is -2.33. The number of fused-ring (bicyclic) bond motifs is 1. The van der Waals surface area contributed by atoms with Crippen molar-refractivity contribution in [3.8, 4) is 5.75 Å². The lowest BCUT2D eigenvalue weighted by atomic mass is 10.00. The van der Waals surface area contributed by atoms with Crippen molar-refractivity contribution in [1.82, 2.24) is 0 Å². The van der Waals surface area contributed by atoms with Crippen molar-refractivity contribution >= 4 is 11.6 Å². The second kappa shape index (κ2) is 7.29. The van der Waals surface area contributed by atoms with Crippen LogP contribution in [0.15, 0.2) is 48.5 Å². The normalized spacial score (nSPS) is 16.5. The van der Waals surface area contributed by atoms with E-state index >= 15 is 0 Å². The smallest absolute Gasteiger partial charge is 0.279 e. The molecule has 0 bridgehead atoms. The van der Waals surface area contributed by atoms with E-state index in [1.807, 2.05) is 31.2 Å². The largest absolute Gasteiger partial charge is 0.494 e. The fourth-order valence-electron chi connectivity index (χ4n) is 3.03. The van der Waals surface area contributed by atoms with E-state index in [4.69, 9.17) is 4.74 Å². The summed E-state index contributed by atoms with van der Waals surface area (Å²) in [6.45, 7) is 5.03. The van der Waals surface area contributed by atoms with Gasteiger partial charge in [0.2, 0.25) is 0 Å². The summed E-state index contributed by atoms with van der Waals surface area (Å²) in [5, 5.41) is 2.97. The third kappa shape index (κ3) is 4.11. The van der Waals surface area contributed by atoms with Gasteiger partial charge >= 0.3 is 0 Å². The molecule has 1 aliphatic heterocycles. The molecule has 4 nitrogen and oxygen atoms in total. The molecule has 23 heavy (non-hydrogen) atoms. The first-order valence-corrected chi connectivity index (χ1v) is 8.17. The van der Waals surface area contributed by atoms with Gasteiger partial charge in [-0.15, -0.1) is 0 Å². The van der Waals surface area contributed by atoms with Crippen LogP contribution in [-0.2, 0) is 17.8 Å². The fraction of sp³-hybridized carbons (Fsp3) is 0.316. The number of carbonyl (C=O) groups excluding carboxylic acids is 1. The predicted molar refractivity (Wildman–Crippen MR) is 90.8 cm³/mol. The molecule has 0 aromatic heterocycles. The van der Waals surface area contributed by atoms with E-state index in [9.17, 15) is 4.79 Å². The van der Waals surface area contributed by atoms with Gasteiger partial charge in [-0.2, -0.15) is 0 Å². The molecule has 1 aliphatic rings. The quantitative estimate of drug-likeness (QED) is 0.882. The molecular weight excluding hydrogens is 288 g/mol. The van der Waals surface area contributed by atoms with Crippen LogP contribution in [0.1, 0.15) is 18.1 Å². The first kappa shape index (κ1) is 15.6. The van der Waals surface area contributed by atoms with E-state index in [-0.39, 0.29) is 5.91 Å². The first-order valence-electron chi connectivity index (χ1n) is 8.17. The van der Waals surface area contributed by atoms with Crippen molar-refractivity contribution in [1.29, 1.82) is 0 Å². The van der Waals surface area contributed by atoms with E-state index in [0.29, 0.717) is 13.2 Å². The molecule has 2 aromatic carbocycles. The number of quaternary nitrogens is 1. The Labute approximate surface area is 137 Å². The van der Waals surface area contributed by atoms with Crippen LogP contribution in [0.25, 0.3) is 0 Å². The fourth-order valence-corrected chi connectivity index (χ4v) is 3.03. The zero-order chi connectivity index (χ0) is 16.1. The maximum absolute atomic E-state index is 12.2. The number of ether oxygens (including phenoxy) is 1. The summed E-state index contributed by atoms with van der Waals surface area (Å²) < 4.78 is 5.40. The van der Waals surface area contributed by atoms with Gasteiger partial charge in [-0.25, -0.2) is 0 Å². The molecule has 1 heterocycles. The van der Waals surface area contributed by atoms with Crippen molar-refractivity contribution in [3.63, 3.8) is 0 Å². The highest BCUT2D eigenvalue weighted by Gasteiger charge is 2.21. The minimum absolute atomic E-state index is 0.0588. The molecule has 120 valence electrons. The van der Waals surface area contributed by atoms with Crippen LogP contribution in [0.4, 0.5) is 5.69 Å². The highest BCUT2D eigenvalue weighted by molar-refractivity contribution is 5.91.